The monoisotopic (exact) mass is 268 g/mol. The molecule has 104 valence electrons. The van der Waals surface area contributed by atoms with Crippen LogP contribution in [0.2, 0.25) is 0 Å². The van der Waals surface area contributed by atoms with Crippen molar-refractivity contribution in [1.29, 1.82) is 0 Å². The maximum atomic E-state index is 4.61. The summed E-state index contributed by atoms with van der Waals surface area (Å²) in [6, 6.07) is 14.7. The standard InChI is InChI=1S/C16H20N4/c1-17-16-9-5-6-13(18-16)12-20-11-10-19(2)14-7-3-4-8-15(14)20/h3-9H,10-12H2,1-2H3,(H,17,18). The van der Waals surface area contributed by atoms with Gasteiger partial charge in [-0.05, 0) is 24.3 Å². The fourth-order valence-corrected chi connectivity index (χ4v) is 2.63. The molecule has 0 atom stereocenters. The van der Waals surface area contributed by atoms with E-state index in [-0.39, 0.29) is 0 Å². The summed E-state index contributed by atoms with van der Waals surface area (Å²) >= 11 is 0. The molecule has 0 spiro atoms. The van der Waals surface area contributed by atoms with Crippen molar-refractivity contribution in [1.82, 2.24) is 4.98 Å². The molecule has 0 amide bonds. The first kappa shape index (κ1) is 12.8. The minimum atomic E-state index is 0.848. The molecule has 0 aliphatic carbocycles. The fraction of sp³-hybridized carbons (Fsp3) is 0.312. The van der Waals surface area contributed by atoms with Crippen LogP contribution in [0.15, 0.2) is 42.5 Å². The lowest BCUT2D eigenvalue weighted by molar-refractivity contribution is 0.725. The van der Waals surface area contributed by atoms with E-state index in [1.807, 2.05) is 13.1 Å². The summed E-state index contributed by atoms with van der Waals surface area (Å²) < 4.78 is 0. The first-order chi connectivity index (χ1) is 9.78. The summed E-state index contributed by atoms with van der Waals surface area (Å²) in [5.41, 5.74) is 3.68. The molecule has 1 N–H and O–H groups in total. The number of hydrogen-bond donors (Lipinski definition) is 1. The predicted octanol–water partition coefficient (Wildman–Crippen LogP) is 2.58. The smallest absolute Gasteiger partial charge is 0.126 e. The predicted molar refractivity (Wildman–Crippen MR) is 84.5 cm³/mol. The molecule has 1 aliphatic heterocycles. The highest BCUT2D eigenvalue weighted by Crippen LogP contribution is 2.32. The van der Waals surface area contributed by atoms with Gasteiger partial charge in [-0.1, -0.05) is 18.2 Å². The summed E-state index contributed by atoms with van der Waals surface area (Å²) in [7, 11) is 4.05. The Balaban J connectivity index is 1.86. The van der Waals surface area contributed by atoms with E-state index in [4.69, 9.17) is 0 Å². The van der Waals surface area contributed by atoms with Crippen molar-refractivity contribution in [2.75, 3.05) is 42.3 Å². The largest absolute Gasteiger partial charge is 0.373 e. The number of benzene rings is 1. The number of fused-ring (bicyclic) bond motifs is 1. The molecule has 0 fully saturated rings. The average Bonchev–Trinajstić information content (AvgIpc) is 2.51. The molecule has 2 aromatic rings. The van der Waals surface area contributed by atoms with Gasteiger partial charge in [0.25, 0.3) is 0 Å². The van der Waals surface area contributed by atoms with Crippen molar-refractivity contribution in [2.24, 2.45) is 0 Å². The summed E-state index contributed by atoms with van der Waals surface area (Å²) in [4.78, 5) is 9.32. The van der Waals surface area contributed by atoms with Gasteiger partial charge in [-0.15, -0.1) is 0 Å². The number of pyridine rings is 1. The molecule has 0 radical (unpaired) electrons. The first-order valence-corrected chi connectivity index (χ1v) is 6.97. The van der Waals surface area contributed by atoms with E-state index in [0.717, 1.165) is 31.1 Å². The zero-order valence-corrected chi connectivity index (χ0v) is 12.0. The van der Waals surface area contributed by atoms with Crippen molar-refractivity contribution in [2.45, 2.75) is 6.54 Å². The Labute approximate surface area is 120 Å². The van der Waals surface area contributed by atoms with Gasteiger partial charge in [-0.25, -0.2) is 4.98 Å². The summed E-state index contributed by atoms with van der Waals surface area (Å²) in [6.07, 6.45) is 0. The molecule has 4 nitrogen and oxygen atoms in total. The Kier molecular flexibility index (Phi) is 3.46. The van der Waals surface area contributed by atoms with Crippen LogP contribution >= 0.6 is 0 Å². The van der Waals surface area contributed by atoms with Crippen LogP contribution in [0.5, 0.6) is 0 Å². The van der Waals surface area contributed by atoms with Crippen molar-refractivity contribution in [3.05, 3.63) is 48.2 Å². The molecule has 0 bridgehead atoms. The number of hydrogen-bond acceptors (Lipinski definition) is 4. The molecule has 3 rings (SSSR count). The van der Waals surface area contributed by atoms with Gasteiger partial charge >= 0.3 is 0 Å². The maximum Gasteiger partial charge on any atom is 0.126 e. The van der Waals surface area contributed by atoms with Crippen LogP contribution in [-0.2, 0) is 6.54 Å². The molecule has 1 aromatic heterocycles. The number of nitrogens with zero attached hydrogens (tertiary/aromatic N) is 3. The Hall–Kier alpha value is -2.23. The third-order valence-electron chi connectivity index (χ3n) is 3.75. The van der Waals surface area contributed by atoms with Crippen molar-refractivity contribution in [3.8, 4) is 0 Å². The highest BCUT2D eigenvalue weighted by Gasteiger charge is 2.19. The van der Waals surface area contributed by atoms with Crippen LogP contribution in [0.3, 0.4) is 0 Å². The Morgan fingerprint density at radius 2 is 1.85 bits per heavy atom. The lowest BCUT2D eigenvalue weighted by atomic mass is 10.1. The van der Waals surface area contributed by atoms with Gasteiger partial charge in [0.2, 0.25) is 0 Å². The highest BCUT2D eigenvalue weighted by molar-refractivity contribution is 5.73. The van der Waals surface area contributed by atoms with E-state index in [9.17, 15) is 0 Å². The third-order valence-corrected chi connectivity index (χ3v) is 3.75. The van der Waals surface area contributed by atoms with Crippen molar-refractivity contribution < 1.29 is 0 Å². The second-order valence-corrected chi connectivity index (χ2v) is 5.10. The van der Waals surface area contributed by atoms with Crippen LogP contribution in [0.4, 0.5) is 17.2 Å². The molecule has 2 heterocycles. The van der Waals surface area contributed by atoms with Gasteiger partial charge in [0.1, 0.15) is 5.82 Å². The minimum Gasteiger partial charge on any atom is -0.373 e. The van der Waals surface area contributed by atoms with E-state index >= 15 is 0 Å². The minimum absolute atomic E-state index is 0.848. The number of likely N-dealkylation sites (N-methyl/N-ethyl adjacent to an activating group) is 1. The van der Waals surface area contributed by atoms with E-state index in [2.05, 4.69) is 63.5 Å². The van der Waals surface area contributed by atoms with Gasteiger partial charge in [-0.2, -0.15) is 0 Å². The van der Waals surface area contributed by atoms with Gasteiger partial charge in [0, 0.05) is 27.2 Å². The molecule has 1 aromatic carbocycles. The number of anilines is 3. The Morgan fingerprint density at radius 1 is 1.05 bits per heavy atom. The number of nitrogens with one attached hydrogen (secondary N) is 1. The average molecular weight is 268 g/mol. The van der Waals surface area contributed by atoms with Gasteiger partial charge in [0.05, 0.1) is 23.6 Å². The van der Waals surface area contributed by atoms with Crippen LogP contribution in [0.25, 0.3) is 0 Å². The van der Waals surface area contributed by atoms with Gasteiger partial charge < -0.3 is 15.1 Å². The molecule has 0 saturated carbocycles. The lowest BCUT2D eigenvalue weighted by Gasteiger charge is -2.36. The van der Waals surface area contributed by atoms with Gasteiger partial charge in [-0.3, -0.25) is 0 Å². The zero-order valence-electron chi connectivity index (χ0n) is 12.0. The van der Waals surface area contributed by atoms with Gasteiger partial charge in [0.15, 0.2) is 0 Å². The maximum absolute atomic E-state index is 4.61. The summed E-state index contributed by atoms with van der Waals surface area (Å²) in [5.74, 6) is 0.921. The second kappa shape index (κ2) is 5.41. The number of rotatable bonds is 3. The molecule has 20 heavy (non-hydrogen) atoms. The fourth-order valence-electron chi connectivity index (χ4n) is 2.63. The Morgan fingerprint density at radius 3 is 2.65 bits per heavy atom. The topological polar surface area (TPSA) is 31.4 Å². The Bertz CT molecular complexity index is 597. The van der Waals surface area contributed by atoms with Crippen LogP contribution in [-0.4, -0.2) is 32.2 Å². The molecule has 0 saturated heterocycles. The third kappa shape index (κ3) is 2.41. The first-order valence-electron chi connectivity index (χ1n) is 6.97. The van der Waals surface area contributed by atoms with E-state index in [1.165, 1.54) is 11.4 Å². The van der Waals surface area contributed by atoms with Crippen molar-refractivity contribution in [3.63, 3.8) is 0 Å². The SMILES string of the molecule is CNc1cccc(CN2CCN(C)c3ccccc32)n1. The quantitative estimate of drug-likeness (QED) is 0.927. The number of aromatic nitrogens is 1. The molecule has 0 unspecified atom stereocenters. The van der Waals surface area contributed by atoms with Crippen LogP contribution < -0.4 is 15.1 Å². The zero-order chi connectivity index (χ0) is 13.9. The van der Waals surface area contributed by atoms with E-state index in [1.54, 1.807) is 0 Å². The van der Waals surface area contributed by atoms with Crippen LogP contribution in [0, 0.1) is 0 Å². The molecule has 1 aliphatic rings. The molecular weight excluding hydrogens is 248 g/mol. The molecule has 4 heteroatoms. The molecular formula is C16H20N4. The second-order valence-electron chi connectivity index (χ2n) is 5.10. The number of para-hydroxylation sites is 2. The lowest BCUT2D eigenvalue weighted by Crippen LogP contribution is -2.38. The summed E-state index contributed by atoms with van der Waals surface area (Å²) in [5, 5.41) is 3.09. The normalized spacial score (nSPS) is 14.1. The van der Waals surface area contributed by atoms with E-state index < -0.39 is 0 Å². The highest BCUT2D eigenvalue weighted by atomic mass is 15.3. The van der Waals surface area contributed by atoms with Crippen molar-refractivity contribution >= 4 is 17.2 Å². The van der Waals surface area contributed by atoms with E-state index in [0.29, 0.717) is 0 Å². The van der Waals surface area contributed by atoms with Crippen LogP contribution in [0.1, 0.15) is 5.69 Å². The summed E-state index contributed by atoms with van der Waals surface area (Å²) in [6.45, 7) is 2.92.